The number of nitrogens with zero attached hydrogens (tertiary/aromatic N) is 1. The minimum absolute atomic E-state index is 0.0218. The van der Waals surface area contributed by atoms with E-state index < -0.39 is 0 Å². The zero-order valence-electron chi connectivity index (χ0n) is 34.1. The van der Waals surface area contributed by atoms with E-state index in [1.807, 2.05) is 14.1 Å². The van der Waals surface area contributed by atoms with E-state index in [1.165, 1.54) is 78.1 Å². The van der Waals surface area contributed by atoms with Crippen LogP contribution in [0.3, 0.4) is 0 Å². The molecule has 0 unspecified atom stereocenters. The summed E-state index contributed by atoms with van der Waals surface area (Å²) in [6.07, 6.45) is 46.7. The van der Waals surface area contributed by atoms with Crippen molar-refractivity contribution in [2.24, 2.45) is 0 Å². The molecule has 0 N–H and O–H groups in total. The first kappa shape index (κ1) is 49.3. The molecule has 0 spiro atoms. The Kier molecular flexibility index (Phi) is 37.5. The highest BCUT2D eigenvalue weighted by Crippen LogP contribution is 2.18. The molecule has 0 atom stereocenters. The molecule has 0 aliphatic carbocycles. The van der Waals surface area contributed by atoms with Gasteiger partial charge in [0.1, 0.15) is 6.10 Å². The minimum Gasteiger partial charge on any atom is -0.466 e. The predicted molar refractivity (Wildman–Crippen MR) is 218 cm³/mol. The summed E-state index contributed by atoms with van der Waals surface area (Å²) in [6.45, 7) is 4.89. The van der Waals surface area contributed by atoms with Crippen LogP contribution in [0.5, 0.6) is 0 Å². The third-order valence-electron chi connectivity index (χ3n) is 8.93. The van der Waals surface area contributed by atoms with Crippen LogP contribution in [0.2, 0.25) is 0 Å². The Balaban J connectivity index is 3.99. The van der Waals surface area contributed by atoms with Crippen LogP contribution in [0.25, 0.3) is 0 Å². The van der Waals surface area contributed by atoms with Gasteiger partial charge in [0.15, 0.2) is 0 Å². The van der Waals surface area contributed by atoms with Crippen molar-refractivity contribution in [1.29, 1.82) is 0 Å². The maximum absolute atomic E-state index is 12.6. The molecule has 0 bridgehead atoms. The summed E-state index contributed by atoms with van der Waals surface area (Å²) in [5.41, 5.74) is 0. The molecular formula is C45H79NO6. The van der Waals surface area contributed by atoms with E-state index in [4.69, 9.17) is 14.2 Å². The Morgan fingerprint density at radius 3 is 1.23 bits per heavy atom. The molecular weight excluding hydrogens is 650 g/mol. The SMILES string of the molecule is CC(=O)OCCCC/C=C\C/C=C\CCCCCCCCC(CCCCCCCC/C=C\C/C=C\CCCCOC(C)=O)OC(=O)CCCN(C)C. The Morgan fingerprint density at radius 2 is 0.846 bits per heavy atom. The Labute approximate surface area is 320 Å². The molecule has 0 saturated heterocycles. The lowest BCUT2D eigenvalue weighted by Gasteiger charge is -2.18. The highest BCUT2D eigenvalue weighted by atomic mass is 16.5. The molecule has 0 aliphatic heterocycles. The average Bonchev–Trinajstić information content (AvgIpc) is 3.09. The van der Waals surface area contributed by atoms with Gasteiger partial charge in [-0.05, 0) is 130 Å². The molecule has 0 aromatic carbocycles. The number of carbonyl (C=O) groups is 3. The quantitative estimate of drug-likeness (QED) is 0.0272. The second-order valence-corrected chi connectivity index (χ2v) is 14.4. The lowest BCUT2D eigenvalue weighted by Crippen LogP contribution is -2.20. The minimum atomic E-state index is -0.195. The van der Waals surface area contributed by atoms with Crippen molar-refractivity contribution in [1.82, 2.24) is 4.90 Å². The number of allylic oxidation sites excluding steroid dienone is 8. The topological polar surface area (TPSA) is 82.1 Å². The molecule has 7 nitrogen and oxygen atoms in total. The Morgan fingerprint density at radius 1 is 0.481 bits per heavy atom. The summed E-state index contributed by atoms with van der Waals surface area (Å²) >= 11 is 0. The van der Waals surface area contributed by atoms with Crippen LogP contribution in [0.15, 0.2) is 48.6 Å². The van der Waals surface area contributed by atoms with Crippen LogP contribution in [0, 0.1) is 0 Å². The lowest BCUT2D eigenvalue weighted by molar-refractivity contribution is -0.150. The normalized spacial score (nSPS) is 12.0. The molecule has 0 aromatic heterocycles. The Hall–Kier alpha value is -2.67. The van der Waals surface area contributed by atoms with E-state index in [0.717, 1.165) is 103 Å². The van der Waals surface area contributed by atoms with Gasteiger partial charge in [-0.15, -0.1) is 0 Å². The number of rotatable bonds is 37. The maximum Gasteiger partial charge on any atom is 0.306 e. The van der Waals surface area contributed by atoms with Crippen LogP contribution < -0.4 is 0 Å². The van der Waals surface area contributed by atoms with Gasteiger partial charge < -0.3 is 19.1 Å². The van der Waals surface area contributed by atoms with Crippen molar-refractivity contribution in [3.8, 4) is 0 Å². The van der Waals surface area contributed by atoms with Crippen molar-refractivity contribution in [3.05, 3.63) is 48.6 Å². The van der Waals surface area contributed by atoms with Gasteiger partial charge in [0.05, 0.1) is 13.2 Å². The van der Waals surface area contributed by atoms with E-state index in [9.17, 15) is 14.4 Å². The summed E-state index contributed by atoms with van der Waals surface area (Å²) in [5, 5.41) is 0. The molecule has 0 radical (unpaired) electrons. The molecule has 0 rings (SSSR count). The molecule has 52 heavy (non-hydrogen) atoms. The lowest BCUT2D eigenvalue weighted by atomic mass is 10.0. The number of hydrogen-bond donors (Lipinski definition) is 0. The van der Waals surface area contributed by atoms with Gasteiger partial charge in [-0.1, -0.05) is 100.0 Å². The van der Waals surface area contributed by atoms with Crippen LogP contribution in [-0.4, -0.2) is 62.8 Å². The van der Waals surface area contributed by atoms with Gasteiger partial charge in [0, 0.05) is 20.3 Å². The van der Waals surface area contributed by atoms with Gasteiger partial charge in [-0.2, -0.15) is 0 Å². The second kappa shape index (κ2) is 39.5. The van der Waals surface area contributed by atoms with Gasteiger partial charge in [-0.25, -0.2) is 0 Å². The zero-order chi connectivity index (χ0) is 38.2. The first-order valence-electron chi connectivity index (χ1n) is 21.0. The van der Waals surface area contributed by atoms with Crippen molar-refractivity contribution >= 4 is 17.9 Å². The summed E-state index contributed by atoms with van der Waals surface area (Å²) in [7, 11) is 4.09. The standard InChI is InChI=1S/C45H79NO6/c1-42(47)50-40-33-29-25-21-17-13-9-5-7-11-15-19-23-27-31-36-44(52-45(49)38-35-39-46(3)4)37-32-28-24-20-16-12-8-6-10-14-18-22-26-30-34-41-51-43(2)48/h5-6,9-10,17-18,21-22,44H,7-8,11-16,19-20,23-41H2,1-4H3/b9-5-,10-6-,21-17-,22-18-. The number of unbranched alkanes of at least 4 members (excludes halogenated alkanes) is 16. The van der Waals surface area contributed by atoms with E-state index >= 15 is 0 Å². The third kappa shape index (κ3) is 41.7. The molecule has 0 aromatic rings. The van der Waals surface area contributed by atoms with E-state index in [-0.39, 0.29) is 24.0 Å². The number of esters is 3. The average molecular weight is 730 g/mol. The molecule has 0 saturated carbocycles. The fraction of sp³-hybridized carbons (Fsp3) is 0.756. The first-order valence-corrected chi connectivity index (χ1v) is 21.0. The van der Waals surface area contributed by atoms with Crippen LogP contribution >= 0.6 is 0 Å². The maximum atomic E-state index is 12.6. The van der Waals surface area contributed by atoms with Crippen LogP contribution in [0.4, 0.5) is 0 Å². The molecule has 0 heterocycles. The summed E-state index contributed by atoms with van der Waals surface area (Å²) in [4.78, 5) is 36.2. The predicted octanol–water partition coefficient (Wildman–Crippen LogP) is 12.0. The smallest absolute Gasteiger partial charge is 0.306 e. The summed E-state index contributed by atoms with van der Waals surface area (Å²) < 4.78 is 15.9. The third-order valence-corrected chi connectivity index (χ3v) is 8.93. The highest BCUT2D eigenvalue weighted by Gasteiger charge is 2.14. The first-order chi connectivity index (χ1) is 25.3. The van der Waals surface area contributed by atoms with Crippen molar-refractivity contribution in [2.75, 3.05) is 33.9 Å². The number of carbonyl (C=O) groups excluding carboxylic acids is 3. The number of ether oxygens (including phenoxy) is 3. The van der Waals surface area contributed by atoms with Gasteiger partial charge in [0.25, 0.3) is 0 Å². The summed E-state index contributed by atoms with van der Waals surface area (Å²) in [5.74, 6) is -0.413. The largest absolute Gasteiger partial charge is 0.466 e. The fourth-order valence-corrected chi connectivity index (χ4v) is 5.90. The van der Waals surface area contributed by atoms with E-state index in [0.29, 0.717) is 19.6 Å². The molecule has 0 amide bonds. The molecule has 300 valence electrons. The summed E-state index contributed by atoms with van der Waals surface area (Å²) in [6, 6.07) is 0. The monoisotopic (exact) mass is 730 g/mol. The van der Waals surface area contributed by atoms with Gasteiger partial charge in [0.2, 0.25) is 0 Å². The van der Waals surface area contributed by atoms with Crippen molar-refractivity contribution < 1.29 is 28.6 Å². The fourth-order valence-electron chi connectivity index (χ4n) is 5.90. The van der Waals surface area contributed by atoms with Crippen molar-refractivity contribution in [3.63, 3.8) is 0 Å². The van der Waals surface area contributed by atoms with Crippen LogP contribution in [0.1, 0.15) is 181 Å². The van der Waals surface area contributed by atoms with E-state index in [1.54, 1.807) is 0 Å². The Bertz CT molecular complexity index is 891. The second-order valence-electron chi connectivity index (χ2n) is 14.4. The number of hydrogen-bond acceptors (Lipinski definition) is 7. The highest BCUT2D eigenvalue weighted by molar-refractivity contribution is 5.69. The van der Waals surface area contributed by atoms with Crippen LogP contribution in [-0.2, 0) is 28.6 Å². The molecule has 7 heteroatoms. The van der Waals surface area contributed by atoms with Crippen molar-refractivity contribution in [2.45, 2.75) is 187 Å². The van der Waals surface area contributed by atoms with Gasteiger partial charge in [-0.3, -0.25) is 14.4 Å². The van der Waals surface area contributed by atoms with E-state index in [2.05, 4.69) is 53.5 Å². The van der Waals surface area contributed by atoms with Gasteiger partial charge >= 0.3 is 17.9 Å². The molecule has 0 fully saturated rings. The zero-order valence-corrected chi connectivity index (χ0v) is 34.1. The molecule has 0 aliphatic rings.